The summed E-state index contributed by atoms with van der Waals surface area (Å²) in [6.45, 7) is 5.43. The third-order valence-electron chi connectivity index (χ3n) is 5.11. The molecule has 2 aromatic carbocycles. The molecule has 6 nitrogen and oxygen atoms in total. The minimum Gasteiger partial charge on any atom is -0.494 e. The number of fused-ring (bicyclic) bond motifs is 1. The fraction of sp³-hybridized carbons (Fsp3) is 0.333. The lowest BCUT2D eigenvalue weighted by Gasteiger charge is -2.34. The van der Waals surface area contributed by atoms with E-state index in [0.29, 0.717) is 24.7 Å². The number of urea groups is 1. The van der Waals surface area contributed by atoms with Gasteiger partial charge in [0.15, 0.2) is 5.13 Å². The first-order valence-electron chi connectivity index (χ1n) is 9.51. The molecule has 0 atom stereocenters. The number of hydrogen-bond acceptors (Lipinski definition) is 5. The third-order valence-corrected chi connectivity index (χ3v) is 6.61. The number of piperazine rings is 1. The molecule has 2 amide bonds. The first kappa shape index (κ1) is 19.8. The third kappa shape index (κ3) is 4.26. The van der Waals surface area contributed by atoms with E-state index in [1.54, 1.807) is 18.4 Å². The van der Waals surface area contributed by atoms with Crippen molar-refractivity contribution in [3.8, 4) is 5.75 Å². The lowest BCUT2D eigenvalue weighted by molar-refractivity contribution is 0.194. The molecule has 1 N–H and O–H groups in total. The molecule has 0 spiro atoms. The number of methoxy groups -OCH3 is 1. The van der Waals surface area contributed by atoms with Crippen LogP contribution in [0.25, 0.3) is 10.2 Å². The molecule has 8 heteroatoms. The van der Waals surface area contributed by atoms with Gasteiger partial charge in [0.1, 0.15) is 11.3 Å². The first-order chi connectivity index (χ1) is 14.0. The highest BCUT2D eigenvalue weighted by molar-refractivity contribution is 7.22. The van der Waals surface area contributed by atoms with E-state index in [2.05, 4.69) is 23.2 Å². The number of aromatic nitrogens is 1. The molecular formula is C21H23ClN4O2S. The van der Waals surface area contributed by atoms with Crippen LogP contribution in [0.4, 0.5) is 9.93 Å². The molecule has 3 aromatic rings. The smallest absolute Gasteiger partial charge is 0.317 e. The summed E-state index contributed by atoms with van der Waals surface area (Å²) in [5.74, 6) is 0.799. The summed E-state index contributed by atoms with van der Waals surface area (Å²) < 4.78 is 6.61. The van der Waals surface area contributed by atoms with Gasteiger partial charge in [-0.1, -0.05) is 41.1 Å². The number of amides is 2. The summed E-state index contributed by atoms with van der Waals surface area (Å²) in [7, 11) is 1.67. The van der Waals surface area contributed by atoms with Crippen LogP contribution < -0.4 is 15.0 Å². The molecule has 1 saturated heterocycles. The monoisotopic (exact) mass is 430 g/mol. The van der Waals surface area contributed by atoms with Crippen molar-refractivity contribution >= 4 is 44.3 Å². The van der Waals surface area contributed by atoms with Crippen LogP contribution in [0.15, 0.2) is 36.4 Å². The molecule has 1 aromatic heterocycles. The summed E-state index contributed by atoms with van der Waals surface area (Å²) in [5.41, 5.74) is 3.14. The Morgan fingerprint density at radius 2 is 1.90 bits per heavy atom. The number of anilines is 1. The van der Waals surface area contributed by atoms with Crippen LogP contribution in [-0.4, -0.2) is 49.2 Å². The zero-order valence-electron chi connectivity index (χ0n) is 16.4. The molecule has 2 heterocycles. The quantitative estimate of drug-likeness (QED) is 0.670. The molecular weight excluding hydrogens is 408 g/mol. The molecule has 0 unspecified atom stereocenters. The Hall–Kier alpha value is -2.51. The minimum atomic E-state index is -0.0404. The van der Waals surface area contributed by atoms with Gasteiger partial charge in [0, 0.05) is 37.7 Å². The standard InChI is InChI=1S/C21H23ClN4O2S/c1-14-3-8-17(28-2)18-19(14)29-21(24-18)26-11-9-25(10-12-26)20(27)23-13-15-4-6-16(22)7-5-15/h3-8H,9-13H2,1-2H3,(H,23,27). The number of rotatable bonds is 4. The number of nitrogens with zero attached hydrogens (tertiary/aromatic N) is 3. The maximum atomic E-state index is 12.5. The number of nitrogens with one attached hydrogen (secondary N) is 1. The number of aryl methyl sites for hydroxylation is 1. The van der Waals surface area contributed by atoms with Crippen molar-refractivity contribution in [2.45, 2.75) is 13.5 Å². The normalized spacial score (nSPS) is 14.3. The summed E-state index contributed by atoms with van der Waals surface area (Å²) >= 11 is 7.58. The van der Waals surface area contributed by atoms with Crippen LogP contribution >= 0.6 is 22.9 Å². The molecule has 152 valence electrons. The number of carbonyl (C=O) groups excluding carboxylic acids is 1. The topological polar surface area (TPSA) is 57.7 Å². The molecule has 1 fully saturated rings. The Kier molecular flexibility index (Phi) is 5.78. The fourth-order valence-electron chi connectivity index (χ4n) is 3.39. The van der Waals surface area contributed by atoms with Gasteiger partial charge in [0.25, 0.3) is 0 Å². The fourth-order valence-corrected chi connectivity index (χ4v) is 4.62. The summed E-state index contributed by atoms with van der Waals surface area (Å²) in [6, 6.07) is 11.5. The molecule has 0 radical (unpaired) electrons. The van der Waals surface area contributed by atoms with Gasteiger partial charge in [-0.3, -0.25) is 0 Å². The van der Waals surface area contributed by atoms with Gasteiger partial charge < -0.3 is 19.9 Å². The van der Waals surface area contributed by atoms with Crippen LogP contribution in [0, 0.1) is 6.92 Å². The average Bonchev–Trinajstić information content (AvgIpc) is 3.20. The predicted octanol–water partition coefficient (Wildman–Crippen LogP) is 4.30. The Balaban J connectivity index is 1.36. The number of halogens is 1. The summed E-state index contributed by atoms with van der Waals surface area (Å²) in [5, 5.41) is 4.66. The van der Waals surface area contributed by atoms with Gasteiger partial charge in [0.2, 0.25) is 0 Å². The number of hydrogen-bond donors (Lipinski definition) is 1. The molecule has 0 saturated carbocycles. The van der Waals surface area contributed by atoms with Crippen molar-refractivity contribution in [1.29, 1.82) is 0 Å². The van der Waals surface area contributed by atoms with Crippen molar-refractivity contribution in [1.82, 2.24) is 15.2 Å². The van der Waals surface area contributed by atoms with E-state index in [4.69, 9.17) is 21.3 Å². The second-order valence-corrected chi connectivity index (χ2v) is 8.43. The molecule has 4 rings (SSSR count). The average molecular weight is 431 g/mol. The van der Waals surface area contributed by atoms with Crippen LogP contribution in [0.1, 0.15) is 11.1 Å². The lowest BCUT2D eigenvalue weighted by Crippen LogP contribution is -2.51. The SMILES string of the molecule is COc1ccc(C)c2sc(N3CCN(C(=O)NCc4ccc(Cl)cc4)CC3)nc12. The largest absolute Gasteiger partial charge is 0.494 e. The molecule has 29 heavy (non-hydrogen) atoms. The lowest BCUT2D eigenvalue weighted by atomic mass is 10.2. The number of benzene rings is 2. The maximum absolute atomic E-state index is 12.5. The van der Waals surface area contributed by atoms with Gasteiger partial charge in [0.05, 0.1) is 11.8 Å². The van der Waals surface area contributed by atoms with E-state index < -0.39 is 0 Å². The highest BCUT2D eigenvalue weighted by atomic mass is 35.5. The highest BCUT2D eigenvalue weighted by Crippen LogP contribution is 2.36. The number of thiazole rings is 1. The molecule has 1 aliphatic rings. The summed E-state index contributed by atoms with van der Waals surface area (Å²) in [6.07, 6.45) is 0. The Morgan fingerprint density at radius 3 is 2.59 bits per heavy atom. The zero-order valence-corrected chi connectivity index (χ0v) is 18.0. The first-order valence-corrected chi connectivity index (χ1v) is 10.7. The van der Waals surface area contributed by atoms with Crippen molar-refractivity contribution in [3.63, 3.8) is 0 Å². The second kappa shape index (κ2) is 8.47. The van der Waals surface area contributed by atoms with Gasteiger partial charge in [-0.25, -0.2) is 9.78 Å². The van der Waals surface area contributed by atoms with Crippen LogP contribution in [0.2, 0.25) is 5.02 Å². The summed E-state index contributed by atoms with van der Waals surface area (Å²) in [4.78, 5) is 21.4. The van der Waals surface area contributed by atoms with E-state index >= 15 is 0 Å². The van der Waals surface area contributed by atoms with Crippen LogP contribution in [-0.2, 0) is 6.54 Å². The van der Waals surface area contributed by atoms with Gasteiger partial charge in [-0.15, -0.1) is 0 Å². The van der Waals surface area contributed by atoms with E-state index in [-0.39, 0.29) is 6.03 Å². The Labute approximate surface area is 179 Å². The minimum absolute atomic E-state index is 0.0404. The van der Waals surface area contributed by atoms with E-state index in [9.17, 15) is 4.79 Å². The van der Waals surface area contributed by atoms with E-state index in [1.807, 2.05) is 35.2 Å². The van der Waals surface area contributed by atoms with Crippen molar-refractivity contribution in [3.05, 3.63) is 52.5 Å². The predicted molar refractivity (Wildman–Crippen MR) is 118 cm³/mol. The van der Waals surface area contributed by atoms with Crippen molar-refractivity contribution < 1.29 is 9.53 Å². The Morgan fingerprint density at radius 1 is 1.17 bits per heavy atom. The van der Waals surface area contributed by atoms with Crippen molar-refractivity contribution in [2.24, 2.45) is 0 Å². The van der Waals surface area contributed by atoms with Crippen LogP contribution in [0.5, 0.6) is 5.75 Å². The number of carbonyl (C=O) groups is 1. The number of ether oxygens (including phenoxy) is 1. The van der Waals surface area contributed by atoms with Gasteiger partial charge >= 0.3 is 6.03 Å². The van der Waals surface area contributed by atoms with Gasteiger partial charge in [-0.2, -0.15) is 0 Å². The maximum Gasteiger partial charge on any atom is 0.317 e. The van der Waals surface area contributed by atoms with E-state index in [1.165, 1.54) is 5.56 Å². The molecule has 0 bridgehead atoms. The highest BCUT2D eigenvalue weighted by Gasteiger charge is 2.23. The second-order valence-electron chi connectivity index (χ2n) is 7.02. The molecule has 0 aliphatic carbocycles. The molecule has 1 aliphatic heterocycles. The van der Waals surface area contributed by atoms with Gasteiger partial charge in [-0.05, 0) is 36.2 Å². The van der Waals surface area contributed by atoms with E-state index in [0.717, 1.165) is 39.8 Å². The van der Waals surface area contributed by atoms with Crippen LogP contribution in [0.3, 0.4) is 0 Å². The van der Waals surface area contributed by atoms with Crippen molar-refractivity contribution in [2.75, 3.05) is 38.2 Å². The zero-order chi connectivity index (χ0) is 20.4. The Bertz CT molecular complexity index is 1010.